The predicted octanol–water partition coefficient (Wildman–Crippen LogP) is 1.07. The molecule has 1 heterocycles. The lowest BCUT2D eigenvalue weighted by atomic mass is 10.1. The molecule has 19 heavy (non-hydrogen) atoms. The number of hydrogen-bond acceptors (Lipinski definition) is 4. The molecule has 1 saturated carbocycles. The van der Waals surface area contributed by atoms with E-state index in [1.54, 1.807) is 7.11 Å². The van der Waals surface area contributed by atoms with E-state index >= 15 is 0 Å². The zero-order valence-corrected chi connectivity index (χ0v) is 11.7. The number of nitrogens with one attached hydrogen (secondary N) is 1. The van der Waals surface area contributed by atoms with Crippen LogP contribution in [0.3, 0.4) is 0 Å². The van der Waals surface area contributed by atoms with Crippen molar-refractivity contribution in [3.63, 3.8) is 0 Å². The molecule has 2 amide bonds. The molecule has 1 N–H and O–H groups in total. The van der Waals surface area contributed by atoms with Gasteiger partial charge in [0.15, 0.2) is 0 Å². The van der Waals surface area contributed by atoms with E-state index in [0.717, 1.165) is 25.7 Å². The van der Waals surface area contributed by atoms with Crippen LogP contribution in [0.1, 0.15) is 44.9 Å². The Balaban J connectivity index is 1.93. The third-order valence-electron chi connectivity index (χ3n) is 4.07. The number of hydrogen-bond donors (Lipinski definition) is 1. The second-order valence-corrected chi connectivity index (χ2v) is 5.45. The fraction of sp³-hybridized carbons (Fsp3) is 0.857. The van der Waals surface area contributed by atoms with Crippen molar-refractivity contribution in [2.45, 2.75) is 57.0 Å². The first-order chi connectivity index (χ1) is 9.24. The zero-order chi connectivity index (χ0) is 13.7. The first-order valence-corrected chi connectivity index (χ1v) is 7.32. The van der Waals surface area contributed by atoms with Gasteiger partial charge in [0, 0.05) is 19.7 Å². The maximum atomic E-state index is 12.3. The fourth-order valence-corrected chi connectivity index (χ4v) is 3.05. The summed E-state index contributed by atoms with van der Waals surface area (Å²) in [5.74, 6) is -0.0418. The van der Waals surface area contributed by atoms with Crippen molar-refractivity contribution in [1.82, 2.24) is 10.2 Å². The summed E-state index contributed by atoms with van der Waals surface area (Å²) in [5, 5.41) is 3.11. The normalized spacial score (nSPS) is 25.9. The standard InChI is InChI=1S/C14H24N2O3/c1-19-9-8-15-12-10-13(17)16(14(12)18)11-6-4-2-3-5-7-11/h11-12,15H,2-10H2,1H3. The Morgan fingerprint density at radius 2 is 1.89 bits per heavy atom. The van der Waals surface area contributed by atoms with Gasteiger partial charge in [-0.1, -0.05) is 25.7 Å². The molecule has 0 bridgehead atoms. The summed E-state index contributed by atoms with van der Waals surface area (Å²) in [6.07, 6.45) is 6.96. The minimum absolute atomic E-state index is 0.00758. The smallest absolute Gasteiger partial charge is 0.247 e. The van der Waals surface area contributed by atoms with Crippen LogP contribution in [-0.2, 0) is 14.3 Å². The molecule has 1 saturated heterocycles. The molecule has 1 aliphatic heterocycles. The van der Waals surface area contributed by atoms with Crippen LogP contribution >= 0.6 is 0 Å². The summed E-state index contributed by atoms with van der Waals surface area (Å²) in [5.41, 5.74) is 0. The number of likely N-dealkylation sites (tertiary alicyclic amines) is 1. The number of rotatable bonds is 5. The van der Waals surface area contributed by atoms with Crippen LogP contribution in [0.25, 0.3) is 0 Å². The Hall–Kier alpha value is -0.940. The summed E-state index contributed by atoms with van der Waals surface area (Å²) >= 11 is 0. The molecule has 1 aliphatic carbocycles. The van der Waals surface area contributed by atoms with Gasteiger partial charge in [0.2, 0.25) is 11.8 Å². The highest BCUT2D eigenvalue weighted by molar-refractivity contribution is 6.05. The minimum atomic E-state index is -0.342. The minimum Gasteiger partial charge on any atom is -0.383 e. The Morgan fingerprint density at radius 3 is 2.53 bits per heavy atom. The number of ether oxygens (including phenoxy) is 1. The monoisotopic (exact) mass is 268 g/mol. The van der Waals surface area contributed by atoms with Gasteiger partial charge in [-0.2, -0.15) is 0 Å². The summed E-state index contributed by atoms with van der Waals surface area (Å²) in [7, 11) is 1.63. The van der Waals surface area contributed by atoms with E-state index in [1.165, 1.54) is 17.7 Å². The van der Waals surface area contributed by atoms with Gasteiger partial charge in [-0.25, -0.2) is 0 Å². The van der Waals surface area contributed by atoms with Crippen molar-refractivity contribution in [1.29, 1.82) is 0 Å². The Bertz CT molecular complexity index is 325. The summed E-state index contributed by atoms with van der Waals surface area (Å²) in [6.45, 7) is 1.17. The van der Waals surface area contributed by atoms with Crippen LogP contribution in [0, 0.1) is 0 Å². The van der Waals surface area contributed by atoms with Gasteiger partial charge in [-0.3, -0.25) is 14.5 Å². The molecule has 1 unspecified atom stereocenters. The van der Waals surface area contributed by atoms with Gasteiger partial charge in [0.25, 0.3) is 0 Å². The van der Waals surface area contributed by atoms with E-state index in [9.17, 15) is 9.59 Å². The lowest BCUT2D eigenvalue weighted by Crippen LogP contribution is -2.44. The van der Waals surface area contributed by atoms with E-state index in [2.05, 4.69) is 5.32 Å². The molecule has 2 aliphatic rings. The van der Waals surface area contributed by atoms with Gasteiger partial charge < -0.3 is 10.1 Å². The van der Waals surface area contributed by atoms with Crippen LogP contribution in [0.15, 0.2) is 0 Å². The number of nitrogens with zero attached hydrogens (tertiary/aromatic N) is 1. The van der Waals surface area contributed by atoms with E-state index in [0.29, 0.717) is 19.6 Å². The maximum absolute atomic E-state index is 12.3. The van der Waals surface area contributed by atoms with Crippen molar-refractivity contribution in [3.05, 3.63) is 0 Å². The second-order valence-electron chi connectivity index (χ2n) is 5.45. The van der Waals surface area contributed by atoms with Gasteiger partial charge in [0.1, 0.15) is 0 Å². The number of imide groups is 1. The molecule has 0 aromatic rings. The molecule has 5 heteroatoms. The highest BCUT2D eigenvalue weighted by atomic mass is 16.5. The second kappa shape index (κ2) is 7.01. The van der Waals surface area contributed by atoms with Crippen molar-refractivity contribution in [2.75, 3.05) is 20.3 Å². The molecular formula is C14H24N2O3. The Labute approximate surface area is 114 Å². The van der Waals surface area contributed by atoms with Crippen LogP contribution in [0.2, 0.25) is 0 Å². The average molecular weight is 268 g/mol. The topological polar surface area (TPSA) is 58.6 Å². The summed E-state index contributed by atoms with van der Waals surface area (Å²) in [4.78, 5) is 25.9. The first-order valence-electron chi connectivity index (χ1n) is 7.32. The van der Waals surface area contributed by atoms with Gasteiger partial charge >= 0.3 is 0 Å². The first kappa shape index (κ1) is 14.5. The summed E-state index contributed by atoms with van der Waals surface area (Å²) < 4.78 is 4.95. The fourth-order valence-electron chi connectivity index (χ4n) is 3.05. The van der Waals surface area contributed by atoms with E-state index < -0.39 is 0 Å². The van der Waals surface area contributed by atoms with Gasteiger partial charge in [0.05, 0.1) is 19.1 Å². The SMILES string of the molecule is COCCNC1CC(=O)N(C2CCCCCC2)C1=O. The number of amides is 2. The highest BCUT2D eigenvalue weighted by Crippen LogP contribution is 2.26. The predicted molar refractivity (Wildman–Crippen MR) is 71.6 cm³/mol. The van der Waals surface area contributed by atoms with Crippen LogP contribution in [0.5, 0.6) is 0 Å². The lowest BCUT2D eigenvalue weighted by molar-refractivity contribution is -0.141. The van der Waals surface area contributed by atoms with Crippen LogP contribution in [-0.4, -0.2) is 49.1 Å². The average Bonchev–Trinajstić information content (AvgIpc) is 2.61. The van der Waals surface area contributed by atoms with Crippen molar-refractivity contribution in [3.8, 4) is 0 Å². The molecule has 0 radical (unpaired) electrons. The molecule has 0 aromatic heterocycles. The van der Waals surface area contributed by atoms with Crippen molar-refractivity contribution in [2.24, 2.45) is 0 Å². The van der Waals surface area contributed by atoms with Crippen LogP contribution < -0.4 is 5.32 Å². The molecule has 5 nitrogen and oxygen atoms in total. The third kappa shape index (κ3) is 3.54. The highest BCUT2D eigenvalue weighted by Gasteiger charge is 2.41. The molecule has 2 rings (SSSR count). The number of methoxy groups -OCH3 is 1. The molecule has 2 fully saturated rings. The number of carbonyl (C=O) groups is 2. The third-order valence-corrected chi connectivity index (χ3v) is 4.07. The van der Waals surface area contributed by atoms with Crippen LogP contribution in [0.4, 0.5) is 0 Å². The van der Waals surface area contributed by atoms with Crippen molar-refractivity contribution >= 4 is 11.8 Å². The maximum Gasteiger partial charge on any atom is 0.247 e. The van der Waals surface area contributed by atoms with E-state index in [-0.39, 0.29) is 23.9 Å². The zero-order valence-electron chi connectivity index (χ0n) is 11.7. The summed E-state index contributed by atoms with van der Waals surface area (Å²) in [6, 6.07) is -0.206. The quantitative estimate of drug-likeness (QED) is 0.460. The molecule has 1 atom stereocenters. The molecule has 108 valence electrons. The Kier molecular flexibility index (Phi) is 5.34. The number of carbonyl (C=O) groups excluding carboxylic acids is 2. The lowest BCUT2D eigenvalue weighted by Gasteiger charge is -2.25. The Morgan fingerprint density at radius 1 is 1.21 bits per heavy atom. The molecular weight excluding hydrogens is 244 g/mol. The van der Waals surface area contributed by atoms with Gasteiger partial charge in [-0.05, 0) is 12.8 Å². The largest absolute Gasteiger partial charge is 0.383 e. The van der Waals surface area contributed by atoms with Gasteiger partial charge in [-0.15, -0.1) is 0 Å². The van der Waals surface area contributed by atoms with Crippen molar-refractivity contribution < 1.29 is 14.3 Å². The molecule has 0 spiro atoms. The molecule has 0 aromatic carbocycles. The van der Waals surface area contributed by atoms with E-state index in [1.807, 2.05) is 0 Å². The van der Waals surface area contributed by atoms with E-state index in [4.69, 9.17) is 4.74 Å².